The second-order valence-corrected chi connectivity index (χ2v) is 4.69. The van der Waals surface area contributed by atoms with Crippen LogP contribution >= 0.6 is 0 Å². The third kappa shape index (κ3) is 2.57. The summed E-state index contributed by atoms with van der Waals surface area (Å²) in [5.41, 5.74) is 8.36. The van der Waals surface area contributed by atoms with Gasteiger partial charge in [0.1, 0.15) is 5.82 Å². The van der Waals surface area contributed by atoms with Gasteiger partial charge in [-0.1, -0.05) is 18.2 Å². The smallest absolute Gasteiger partial charge is 0.128 e. The van der Waals surface area contributed by atoms with E-state index in [1.54, 1.807) is 36.4 Å². The Hall–Kier alpha value is -2.54. The Kier molecular flexibility index (Phi) is 3.90. The Morgan fingerprint density at radius 1 is 1.25 bits per heavy atom. The monoisotopic (exact) mass is 269 g/mol. The molecule has 0 amide bonds. The van der Waals surface area contributed by atoms with E-state index in [4.69, 9.17) is 11.0 Å². The van der Waals surface area contributed by atoms with Crippen molar-refractivity contribution in [3.63, 3.8) is 0 Å². The van der Waals surface area contributed by atoms with Gasteiger partial charge in [0.15, 0.2) is 0 Å². The van der Waals surface area contributed by atoms with Gasteiger partial charge in [-0.25, -0.2) is 4.39 Å². The number of rotatable bonds is 3. The van der Waals surface area contributed by atoms with Gasteiger partial charge in [0, 0.05) is 12.6 Å². The molecule has 0 aromatic heterocycles. The number of halogens is 1. The van der Waals surface area contributed by atoms with Crippen LogP contribution in [-0.4, -0.2) is 7.05 Å². The highest BCUT2D eigenvalue weighted by Crippen LogP contribution is 2.31. The molecule has 20 heavy (non-hydrogen) atoms. The number of hydrogen-bond donors (Lipinski definition) is 1. The second kappa shape index (κ2) is 5.62. The predicted octanol–water partition coefficient (Wildman–Crippen LogP) is 3.48. The van der Waals surface area contributed by atoms with E-state index in [9.17, 15) is 4.39 Å². The third-order valence-corrected chi connectivity index (χ3v) is 3.48. The average molecular weight is 269 g/mol. The van der Waals surface area contributed by atoms with Crippen molar-refractivity contribution in [2.75, 3.05) is 17.7 Å². The van der Waals surface area contributed by atoms with E-state index in [1.165, 1.54) is 6.07 Å². The van der Waals surface area contributed by atoms with Crippen LogP contribution in [0.4, 0.5) is 15.8 Å². The Balaban J connectivity index is 2.39. The molecular weight excluding hydrogens is 253 g/mol. The summed E-state index contributed by atoms with van der Waals surface area (Å²) in [5.74, 6) is -0.248. The second-order valence-electron chi connectivity index (χ2n) is 4.69. The number of benzene rings is 2. The van der Waals surface area contributed by atoms with Crippen LogP contribution < -0.4 is 10.6 Å². The number of nitrogens with two attached hydrogens (primary N) is 1. The Morgan fingerprint density at radius 2 is 1.95 bits per heavy atom. The lowest BCUT2D eigenvalue weighted by atomic mass is 10.0. The van der Waals surface area contributed by atoms with Crippen molar-refractivity contribution in [2.24, 2.45) is 0 Å². The van der Waals surface area contributed by atoms with Crippen LogP contribution in [0.1, 0.15) is 24.1 Å². The Morgan fingerprint density at radius 3 is 2.60 bits per heavy atom. The van der Waals surface area contributed by atoms with Gasteiger partial charge in [0.2, 0.25) is 0 Å². The summed E-state index contributed by atoms with van der Waals surface area (Å²) in [5, 5.41) is 8.97. The van der Waals surface area contributed by atoms with Gasteiger partial charge in [-0.15, -0.1) is 0 Å². The zero-order valence-corrected chi connectivity index (χ0v) is 11.5. The highest BCUT2D eigenvalue weighted by atomic mass is 19.1. The molecular formula is C16H16FN3. The minimum Gasteiger partial charge on any atom is -0.397 e. The molecule has 0 aliphatic rings. The number of nitrogens with zero attached hydrogens (tertiary/aromatic N) is 2. The van der Waals surface area contributed by atoms with Gasteiger partial charge in [-0.05, 0) is 31.2 Å². The maximum atomic E-state index is 13.9. The lowest BCUT2D eigenvalue weighted by Crippen LogP contribution is -2.23. The number of nitriles is 1. The van der Waals surface area contributed by atoms with Crippen molar-refractivity contribution in [1.82, 2.24) is 0 Å². The van der Waals surface area contributed by atoms with Crippen molar-refractivity contribution >= 4 is 11.4 Å². The molecule has 0 saturated carbocycles. The summed E-state index contributed by atoms with van der Waals surface area (Å²) >= 11 is 0. The van der Waals surface area contributed by atoms with Gasteiger partial charge in [-0.2, -0.15) is 5.26 Å². The van der Waals surface area contributed by atoms with Gasteiger partial charge in [-0.3, -0.25) is 0 Å². The molecule has 1 atom stereocenters. The maximum absolute atomic E-state index is 13.9. The molecule has 2 aromatic carbocycles. The summed E-state index contributed by atoms with van der Waals surface area (Å²) in [6.45, 7) is 1.90. The van der Waals surface area contributed by atoms with Gasteiger partial charge >= 0.3 is 0 Å². The molecule has 0 bridgehead atoms. The van der Waals surface area contributed by atoms with Crippen LogP contribution in [0, 0.1) is 17.1 Å². The Labute approximate surface area is 118 Å². The van der Waals surface area contributed by atoms with Crippen LogP contribution in [0.3, 0.4) is 0 Å². The van der Waals surface area contributed by atoms with E-state index in [2.05, 4.69) is 6.07 Å². The average Bonchev–Trinajstić information content (AvgIpc) is 2.47. The molecule has 102 valence electrons. The number of hydrogen-bond acceptors (Lipinski definition) is 3. The first-order valence-corrected chi connectivity index (χ1v) is 6.31. The molecule has 3 nitrogen and oxygen atoms in total. The fourth-order valence-electron chi connectivity index (χ4n) is 2.15. The largest absolute Gasteiger partial charge is 0.397 e. The molecule has 4 heteroatoms. The molecule has 0 aliphatic carbocycles. The van der Waals surface area contributed by atoms with Crippen LogP contribution in [-0.2, 0) is 0 Å². The van der Waals surface area contributed by atoms with Crippen molar-refractivity contribution in [1.29, 1.82) is 5.26 Å². The van der Waals surface area contributed by atoms with Crippen LogP contribution in [0.15, 0.2) is 42.5 Å². The van der Waals surface area contributed by atoms with Crippen molar-refractivity contribution in [3.8, 4) is 6.07 Å². The van der Waals surface area contributed by atoms with Crippen molar-refractivity contribution in [2.45, 2.75) is 13.0 Å². The summed E-state index contributed by atoms with van der Waals surface area (Å²) in [4.78, 5) is 1.87. The molecule has 0 heterocycles. The Bertz CT molecular complexity index is 661. The minimum atomic E-state index is -0.248. The van der Waals surface area contributed by atoms with Crippen LogP contribution in [0.5, 0.6) is 0 Å². The summed E-state index contributed by atoms with van der Waals surface area (Å²) in [7, 11) is 1.84. The number of nitrogen functional groups attached to an aromatic ring is 1. The highest BCUT2D eigenvalue weighted by molar-refractivity contribution is 5.70. The molecule has 1 unspecified atom stereocenters. The molecule has 2 N–H and O–H groups in total. The van der Waals surface area contributed by atoms with E-state index < -0.39 is 0 Å². The molecule has 0 spiro atoms. The van der Waals surface area contributed by atoms with Gasteiger partial charge in [0.25, 0.3) is 0 Å². The molecule has 0 radical (unpaired) electrons. The quantitative estimate of drug-likeness (QED) is 0.868. The summed E-state index contributed by atoms with van der Waals surface area (Å²) in [6.07, 6.45) is 0. The standard InChI is InChI=1S/C16H16FN3/c1-11(13-5-3-4-6-14(13)17)20(2)16-9-12(10-18)7-8-15(16)19/h3-9,11H,19H2,1-2H3. The van der Waals surface area contributed by atoms with E-state index in [0.717, 1.165) is 5.69 Å². The first-order chi connectivity index (χ1) is 9.54. The van der Waals surface area contributed by atoms with E-state index in [-0.39, 0.29) is 11.9 Å². The molecule has 0 fully saturated rings. The zero-order chi connectivity index (χ0) is 14.7. The topological polar surface area (TPSA) is 53.0 Å². The van der Waals surface area contributed by atoms with Crippen LogP contribution in [0.25, 0.3) is 0 Å². The fraction of sp³-hybridized carbons (Fsp3) is 0.188. The van der Waals surface area contributed by atoms with Gasteiger partial charge < -0.3 is 10.6 Å². The predicted molar refractivity (Wildman–Crippen MR) is 78.8 cm³/mol. The number of anilines is 2. The van der Waals surface area contributed by atoms with Crippen molar-refractivity contribution < 1.29 is 4.39 Å². The maximum Gasteiger partial charge on any atom is 0.128 e. The van der Waals surface area contributed by atoms with Crippen LogP contribution in [0.2, 0.25) is 0 Å². The lowest BCUT2D eigenvalue weighted by Gasteiger charge is -2.29. The first kappa shape index (κ1) is 13.9. The van der Waals surface area contributed by atoms with Crippen molar-refractivity contribution in [3.05, 3.63) is 59.4 Å². The van der Waals surface area contributed by atoms with Gasteiger partial charge in [0.05, 0.1) is 29.0 Å². The molecule has 2 aromatic rings. The van der Waals surface area contributed by atoms with E-state index in [0.29, 0.717) is 16.8 Å². The first-order valence-electron chi connectivity index (χ1n) is 6.31. The molecule has 0 aliphatic heterocycles. The third-order valence-electron chi connectivity index (χ3n) is 3.48. The van der Waals surface area contributed by atoms with E-state index >= 15 is 0 Å². The summed E-state index contributed by atoms with van der Waals surface area (Å²) in [6, 6.07) is 13.6. The fourth-order valence-corrected chi connectivity index (χ4v) is 2.15. The molecule has 0 saturated heterocycles. The summed E-state index contributed by atoms with van der Waals surface area (Å²) < 4.78 is 13.9. The van der Waals surface area contributed by atoms with E-state index in [1.807, 2.05) is 18.9 Å². The normalized spacial score (nSPS) is 11.7. The molecule has 2 rings (SSSR count). The minimum absolute atomic E-state index is 0.188. The zero-order valence-electron chi connectivity index (χ0n) is 11.5. The lowest BCUT2D eigenvalue weighted by molar-refractivity contribution is 0.585. The highest BCUT2D eigenvalue weighted by Gasteiger charge is 2.17. The SMILES string of the molecule is CC(c1ccccc1F)N(C)c1cc(C#N)ccc1N.